The van der Waals surface area contributed by atoms with Gasteiger partial charge >= 0.3 is 0 Å². The molecule has 1 aliphatic carbocycles. The molecule has 1 saturated heterocycles. The Kier molecular flexibility index (Phi) is 8.30. The van der Waals surface area contributed by atoms with Gasteiger partial charge in [-0.2, -0.15) is 0 Å². The van der Waals surface area contributed by atoms with Gasteiger partial charge in [0.15, 0.2) is 0 Å². The minimum Gasteiger partial charge on any atom is -0.351 e. The summed E-state index contributed by atoms with van der Waals surface area (Å²) in [5.41, 5.74) is 0. The Hall–Kier alpha value is -1.37. The fourth-order valence-electron chi connectivity index (χ4n) is 4.87. The molecule has 1 N–H and O–H groups in total. The topological polar surface area (TPSA) is 62.3 Å². The van der Waals surface area contributed by atoms with E-state index < -0.39 is 0 Å². The van der Waals surface area contributed by atoms with Crippen molar-refractivity contribution in [2.75, 3.05) is 19.6 Å². The minimum atomic E-state index is -0.129. The number of thiophene rings is 1. The Labute approximate surface area is 203 Å². The number of pyridine rings is 1. The van der Waals surface area contributed by atoms with Crippen molar-refractivity contribution >= 4 is 56.4 Å². The zero-order valence-corrected chi connectivity index (χ0v) is 20.6. The molecule has 0 radical (unpaired) electrons. The molecule has 1 saturated carbocycles. The lowest BCUT2D eigenvalue weighted by molar-refractivity contribution is -0.137. The average Bonchev–Trinajstić information content (AvgIpc) is 3.23. The van der Waals surface area contributed by atoms with Gasteiger partial charge in [0.25, 0.3) is 5.91 Å². The van der Waals surface area contributed by atoms with Crippen molar-refractivity contribution in [3.8, 4) is 0 Å². The number of alkyl halides is 2. The predicted molar refractivity (Wildman–Crippen MR) is 132 cm³/mol. The number of nitrogens with zero attached hydrogens (tertiary/aromatic N) is 2. The summed E-state index contributed by atoms with van der Waals surface area (Å²) < 4.78 is 1.04. The maximum atomic E-state index is 12.9. The van der Waals surface area contributed by atoms with Crippen LogP contribution >= 0.6 is 34.5 Å². The van der Waals surface area contributed by atoms with E-state index in [0.717, 1.165) is 79.4 Å². The molecule has 8 heteroatoms. The summed E-state index contributed by atoms with van der Waals surface area (Å²) in [5.74, 6) is 0.824. The van der Waals surface area contributed by atoms with E-state index in [1.165, 1.54) is 11.3 Å². The number of piperidine rings is 1. The largest absolute Gasteiger partial charge is 0.351 e. The van der Waals surface area contributed by atoms with Crippen molar-refractivity contribution in [2.24, 2.45) is 11.8 Å². The molecule has 174 valence electrons. The van der Waals surface area contributed by atoms with Gasteiger partial charge in [-0.25, -0.2) is 0 Å². The predicted octanol–water partition coefficient (Wildman–Crippen LogP) is 5.45. The van der Waals surface area contributed by atoms with E-state index >= 15 is 0 Å². The van der Waals surface area contributed by atoms with Gasteiger partial charge in [-0.1, -0.05) is 12.8 Å². The lowest BCUT2D eigenvalue weighted by Crippen LogP contribution is -2.45. The van der Waals surface area contributed by atoms with Crippen molar-refractivity contribution in [1.82, 2.24) is 15.2 Å². The van der Waals surface area contributed by atoms with Gasteiger partial charge in [0.05, 0.1) is 15.5 Å². The van der Waals surface area contributed by atoms with Gasteiger partial charge in [0, 0.05) is 42.8 Å². The zero-order valence-electron chi connectivity index (χ0n) is 18.3. The number of unbranched alkanes of at least 4 members (excludes halogenated alkanes) is 1. The smallest absolute Gasteiger partial charge is 0.261 e. The van der Waals surface area contributed by atoms with Crippen LogP contribution in [0.5, 0.6) is 0 Å². The molecule has 32 heavy (non-hydrogen) atoms. The molecular weight excluding hydrogens is 465 g/mol. The maximum absolute atomic E-state index is 12.9. The summed E-state index contributed by atoms with van der Waals surface area (Å²) in [6.07, 6.45) is 11.3. The molecule has 0 spiro atoms. The second-order valence-electron chi connectivity index (χ2n) is 9.08. The van der Waals surface area contributed by atoms with Crippen LogP contribution in [0.3, 0.4) is 0 Å². The molecule has 1 aliphatic heterocycles. The number of fused-ring (bicyclic) bond motifs is 1. The third-order valence-electron chi connectivity index (χ3n) is 6.82. The minimum absolute atomic E-state index is 0.00110. The summed E-state index contributed by atoms with van der Waals surface area (Å²) in [6, 6.07) is 3.86. The van der Waals surface area contributed by atoms with Crippen LogP contribution < -0.4 is 5.32 Å². The molecule has 2 aliphatic rings. The fraction of sp³-hybridized carbons (Fsp3) is 0.625. The molecule has 3 atom stereocenters. The number of hydrogen-bond donors (Lipinski definition) is 1. The number of carbonyl (C=O) groups excluding carboxylic acids is 2. The lowest BCUT2D eigenvalue weighted by Gasteiger charge is -2.37. The van der Waals surface area contributed by atoms with Crippen LogP contribution in [0.15, 0.2) is 24.5 Å². The number of likely N-dealkylation sites (tertiary alicyclic amines) is 1. The van der Waals surface area contributed by atoms with E-state index in [4.69, 9.17) is 23.2 Å². The standard InChI is InChI=1S/C24H31Cl2N3O2S/c25-18-4-5-19(20(26)14-18)24(31)29-11-7-16(8-12-29)3-1-2-9-28-23(30)21-13-17-6-10-27-15-22(17)32-21/h6,10,13,15-16,18-20H,1-5,7-9,11-12,14H2,(H,28,30). The van der Waals surface area contributed by atoms with Crippen LogP contribution in [-0.4, -0.2) is 52.1 Å². The van der Waals surface area contributed by atoms with Crippen molar-refractivity contribution < 1.29 is 9.59 Å². The number of carbonyl (C=O) groups is 2. The fourth-order valence-corrected chi connectivity index (χ4v) is 6.67. The third kappa shape index (κ3) is 5.95. The van der Waals surface area contributed by atoms with E-state index in [0.29, 0.717) is 12.5 Å². The van der Waals surface area contributed by atoms with Crippen LogP contribution in [0.4, 0.5) is 0 Å². The summed E-state index contributed by atoms with van der Waals surface area (Å²) in [7, 11) is 0. The molecule has 2 aromatic rings. The maximum Gasteiger partial charge on any atom is 0.261 e. The molecule has 2 fully saturated rings. The van der Waals surface area contributed by atoms with Crippen molar-refractivity contribution in [2.45, 2.75) is 62.1 Å². The highest BCUT2D eigenvalue weighted by molar-refractivity contribution is 7.20. The zero-order chi connectivity index (χ0) is 22.5. The summed E-state index contributed by atoms with van der Waals surface area (Å²) in [5, 5.41) is 4.08. The van der Waals surface area contributed by atoms with Crippen LogP contribution in [0.25, 0.3) is 10.1 Å². The first-order valence-electron chi connectivity index (χ1n) is 11.7. The second-order valence-corrected chi connectivity index (χ2v) is 11.3. The first-order valence-corrected chi connectivity index (χ1v) is 13.4. The highest BCUT2D eigenvalue weighted by Gasteiger charge is 2.36. The van der Waals surface area contributed by atoms with Gasteiger partial charge in [-0.05, 0) is 62.0 Å². The summed E-state index contributed by atoms with van der Waals surface area (Å²) >= 11 is 14.1. The summed E-state index contributed by atoms with van der Waals surface area (Å²) in [4.78, 5) is 32.1. The van der Waals surface area contributed by atoms with E-state index in [1.807, 2.05) is 17.0 Å². The van der Waals surface area contributed by atoms with E-state index in [-0.39, 0.29) is 28.5 Å². The lowest BCUT2D eigenvalue weighted by atomic mass is 9.86. The molecule has 0 bridgehead atoms. The molecule has 2 aromatic heterocycles. The van der Waals surface area contributed by atoms with Crippen LogP contribution in [0.1, 0.15) is 61.0 Å². The Morgan fingerprint density at radius 2 is 1.97 bits per heavy atom. The van der Waals surface area contributed by atoms with E-state index in [2.05, 4.69) is 10.3 Å². The van der Waals surface area contributed by atoms with Gasteiger partial charge in [0.1, 0.15) is 0 Å². The van der Waals surface area contributed by atoms with Gasteiger partial charge in [-0.3, -0.25) is 14.6 Å². The molecule has 3 heterocycles. The van der Waals surface area contributed by atoms with Crippen LogP contribution in [0.2, 0.25) is 0 Å². The molecule has 5 nitrogen and oxygen atoms in total. The number of aromatic nitrogens is 1. The van der Waals surface area contributed by atoms with Gasteiger partial charge < -0.3 is 10.2 Å². The molecular formula is C24H31Cl2N3O2S. The Balaban J connectivity index is 1.11. The van der Waals surface area contributed by atoms with Crippen LogP contribution in [0, 0.1) is 11.8 Å². The Morgan fingerprint density at radius 1 is 1.16 bits per heavy atom. The number of nitrogens with one attached hydrogen (secondary N) is 1. The summed E-state index contributed by atoms with van der Waals surface area (Å²) in [6.45, 7) is 2.37. The SMILES string of the molecule is O=C(NCCCCC1CCN(C(=O)C2CCC(Cl)CC2Cl)CC1)c1cc2ccncc2s1. The number of halogens is 2. The number of rotatable bonds is 7. The van der Waals surface area contributed by atoms with Gasteiger partial charge in [-0.15, -0.1) is 34.5 Å². The van der Waals surface area contributed by atoms with Crippen molar-refractivity contribution in [1.29, 1.82) is 0 Å². The second kappa shape index (κ2) is 11.2. The molecule has 3 unspecified atom stereocenters. The first-order chi connectivity index (χ1) is 15.5. The Morgan fingerprint density at radius 3 is 2.72 bits per heavy atom. The molecule has 0 aromatic carbocycles. The third-order valence-corrected chi connectivity index (χ3v) is 8.79. The number of amides is 2. The van der Waals surface area contributed by atoms with Gasteiger partial charge in [0.2, 0.25) is 5.91 Å². The number of hydrogen-bond acceptors (Lipinski definition) is 4. The van der Waals surface area contributed by atoms with Crippen molar-refractivity contribution in [3.05, 3.63) is 29.4 Å². The van der Waals surface area contributed by atoms with E-state index in [9.17, 15) is 9.59 Å². The molecule has 4 rings (SSSR count). The average molecular weight is 497 g/mol. The molecule has 2 amide bonds. The highest BCUT2D eigenvalue weighted by Crippen LogP contribution is 2.34. The van der Waals surface area contributed by atoms with Crippen LogP contribution in [-0.2, 0) is 4.79 Å². The Bertz CT molecular complexity index is 896. The normalized spacial score (nSPS) is 24.6. The quantitative estimate of drug-likeness (QED) is 0.410. The van der Waals surface area contributed by atoms with Crippen molar-refractivity contribution in [3.63, 3.8) is 0 Å². The monoisotopic (exact) mass is 495 g/mol. The highest BCUT2D eigenvalue weighted by atomic mass is 35.5. The van der Waals surface area contributed by atoms with E-state index in [1.54, 1.807) is 12.4 Å². The first kappa shape index (κ1) is 23.8.